The number of pyridine rings is 1. The van der Waals surface area contributed by atoms with Gasteiger partial charge in [0, 0.05) is 13.7 Å². The van der Waals surface area contributed by atoms with Crippen molar-refractivity contribution in [2.75, 3.05) is 25.2 Å². The lowest BCUT2D eigenvalue weighted by molar-refractivity contribution is 0.0690. The highest BCUT2D eigenvalue weighted by Gasteiger charge is 2.32. The van der Waals surface area contributed by atoms with E-state index in [0.717, 1.165) is 0 Å². The summed E-state index contributed by atoms with van der Waals surface area (Å²) in [5.41, 5.74) is 0.00468. The summed E-state index contributed by atoms with van der Waals surface area (Å²) in [6.45, 7) is 0.608. The maximum atomic E-state index is 10.9. The van der Waals surface area contributed by atoms with Crippen LogP contribution in [-0.2, 0) is 4.74 Å². The van der Waals surface area contributed by atoms with Crippen LogP contribution < -0.4 is 4.90 Å². The SMILES string of the molecule is CO[C@@H]1C[C@@H](CO)N(c2cccc(C(=O)O)n2)C1. The lowest BCUT2D eigenvalue weighted by Gasteiger charge is -2.23. The minimum absolute atomic E-state index is 0.00115. The highest BCUT2D eigenvalue weighted by molar-refractivity contribution is 5.85. The summed E-state index contributed by atoms with van der Waals surface area (Å²) in [4.78, 5) is 16.9. The minimum atomic E-state index is -1.06. The standard InChI is InChI=1S/C12H16N2O4/c1-18-9-5-8(7-15)14(6-9)11-4-2-3-10(13-11)12(16)17/h2-4,8-9,15H,5-7H2,1H3,(H,16,17)/t8-,9+/m0/s1. The average molecular weight is 252 g/mol. The van der Waals surface area contributed by atoms with Crippen LogP contribution in [-0.4, -0.2) is 53.6 Å². The molecule has 98 valence electrons. The molecule has 0 aromatic carbocycles. The van der Waals surface area contributed by atoms with E-state index in [-0.39, 0.29) is 24.4 Å². The van der Waals surface area contributed by atoms with E-state index in [1.165, 1.54) is 6.07 Å². The number of ether oxygens (including phenoxy) is 1. The van der Waals surface area contributed by atoms with Crippen LogP contribution >= 0.6 is 0 Å². The van der Waals surface area contributed by atoms with Gasteiger partial charge in [0.2, 0.25) is 0 Å². The number of carboxylic acids is 1. The Balaban J connectivity index is 2.24. The molecule has 0 amide bonds. The number of hydrogen-bond acceptors (Lipinski definition) is 5. The summed E-state index contributed by atoms with van der Waals surface area (Å²) < 4.78 is 5.28. The molecule has 2 atom stereocenters. The number of hydrogen-bond donors (Lipinski definition) is 2. The minimum Gasteiger partial charge on any atom is -0.477 e. The molecule has 1 aliphatic rings. The second-order valence-corrected chi connectivity index (χ2v) is 4.27. The highest BCUT2D eigenvalue weighted by Crippen LogP contribution is 2.25. The van der Waals surface area contributed by atoms with Crippen molar-refractivity contribution >= 4 is 11.8 Å². The predicted octanol–water partition coefficient (Wildman–Crippen LogP) is 0.366. The van der Waals surface area contributed by atoms with Gasteiger partial charge >= 0.3 is 5.97 Å². The van der Waals surface area contributed by atoms with Crippen molar-refractivity contribution in [3.8, 4) is 0 Å². The number of anilines is 1. The van der Waals surface area contributed by atoms with Gasteiger partial charge in [0.1, 0.15) is 5.82 Å². The Morgan fingerprint density at radius 3 is 3.00 bits per heavy atom. The zero-order chi connectivity index (χ0) is 13.1. The maximum absolute atomic E-state index is 10.9. The topological polar surface area (TPSA) is 82.9 Å². The molecule has 1 saturated heterocycles. The number of aromatic carboxylic acids is 1. The van der Waals surface area contributed by atoms with Crippen LogP contribution in [0.1, 0.15) is 16.9 Å². The first-order valence-corrected chi connectivity index (χ1v) is 5.76. The van der Waals surface area contributed by atoms with Crippen LogP contribution in [0.4, 0.5) is 5.82 Å². The Kier molecular flexibility index (Phi) is 3.78. The first-order chi connectivity index (χ1) is 8.65. The summed E-state index contributed by atoms with van der Waals surface area (Å²) in [6.07, 6.45) is 0.754. The summed E-state index contributed by atoms with van der Waals surface area (Å²) in [5, 5.41) is 18.3. The van der Waals surface area contributed by atoms with E-state index in [2.05, 4.69) is 4.98 Å². The van der Waals surface area contributed by atoms with Gasteiger partial charge in [-0.15, -0.1) is 0 Å². The van der Waals surface area contributed by atoms with E-state index in [9.17, 15) is 9.90 Å². The summed E-state index contributed by atoms with van der Waals surface area (Å²) >= 11 is 0. The van der Waals surface area contributed by atoms with Gasteiger partial charge in [0.05, 0.1) is 18.8 Å². The summed E-state index contributed by atoms with van der Waals surface area (Å²) in [5.74, 6) is -0.492. The Labute approximate surface area is 105 Å². The molecule has 1 aromatic heterocycles. The molecule has 6 nitrogen and oxygen atoms in total. The lowest BCUT2D eigenvalue weighted by Crippen LogP contribution is -2.33. The molecule has 0 bridgehead atoms. The molecule has 6 heteroatoms. The average Bonchev–Trinajstić information content (AvgIpc) is 2.82. The fourth-order valence-electron chi connectivity index (χ4n) is 2.20. The third-order valence-electron chi connectivity index (χ3n) is 3.17. The van der Waals surface area contributed by atoms with Crippen LogP contribution in [0.15, 0.2) is 18.2 Å². The van der Waals surface area contributed by atoms with Crippen molar-refractivity contribution in [1.29, 1.82) is 0 Å². The van der Waals surface area contributed by atoms with E-state index in [1.54, 1.807) is 19.2 Å². The molecule has 18 heavy (non-hydrogen) atoms. The monoisotopic (exact) mass is 252 g/mol. The van der Waals surface area contributed by atoms with Crippen molar-refractivity contribution < 1.29 is 19.7 Å². The first kappa shape index (κ1) is 12.8. The van der Waals surface area contributed by atoms with E-state index in [4.69, 9.17) is 9.84 Å². The fourth-order valence-corrected chi connectivity index (χ4v) is 2.20. The Morgan fingerprint density at radius 1 is 1.61 bits per heavy atom. The van der Waals surface area contributed by atoms with Crippen LogP contribution in [0.3, 0.4) is 0 Å². The zero-order valence-electron chi connectivity index (χ0n) is 10.1. The quantitative estimate of drug-likeness (QED) is 0.805. The molecule has 0 saturated carbocycles. The first-order valence-electron chi connectivity index (χ1n) is 5.76. The van der Waals surface area contributed by atoms with Gasteiger partial charge in [-0.2, -0.15) is 0 Å². The molecular formula is C12H16N2O4. The van der Waals surface area contributed by atoms with Gasteiger partial charge in [-0.05, 0) is 18.6 Å². The number of aliphatic hydroxyl groups excluding tert-OH is 1. The number of methoxy groups -OCH3 is 1. The molecule has 1 aliphatic heterocycles. The number of nitrogens with zero attached hydrogens (tertiary/aromatic N) is 2. The second-order valence-electron chi connectivity index (χ2n) is 4.27. The molecule has 2 heterocycles. The van der Waals surface area contributed by atoms with Gasteiger partial charge in [-0.3, -0.25) is 0 Å². The highest BCUT2D eigenvalue weighted by atomic mass is 16.5. The third-order valence-corrected chi connectivity index (χ3v) is 3.17. The van der Waals surface area contributed by atoms with E-state index in [1.807, 2.05) is 4.90 Å². The maximum Gasteiger partial charge on any atom is 0.354 e. The zero-order valence-corrected chi connectivity index (χ0v) is 10.1. The second kappa shape index (κ2) is 5.32. The van der Waals surface area contributed by atoms with Gasteiger partial charge in [0.25, 0.3) is 0 Å². The van der Waals surface area contributed by atoms with Crippen LogP contribution in [0, 0.1) is 0 Å². The molecule has 0 aliphatic carbocycles. The molecule has 1 fully saturated rings. The molecule has 2 N–H and O–H groups in total. The van der Waals surface area contributed by atoms with Crippen LogP contribution in [0.5, 0.6) is 0 Å². The normalized spacial score (nSPS) is 23.3. The van der Waals surface area contributed by atoms with Crippen LogP contribution in [0.25, 0.3) is 0 Å². The van der Waals surface area contributed by atoms with Crippen molar-refractivity contribution in [2.45, 2.75) is 18.6 Å². The van der Waals surface area contributed by atoms with Crippen molar-refractivity contribution in [3.63, 3.8) is 0 Å². The fraction of sp³-hybridized carbons (Fsp3) is 0.500. The van der Waals surface area contributed by atoms with Crippen molar-refractivity contribution in [2.24, 2.45) is 0 Å². The Hall–Kier alpha value is -1.66. The Bertz CT molecular complexity index is 438. The van der Waals surface area contributed by atoms with Crippen molar-refractivity contribution in [1.82, 2.24) is 4.98 Å². The molecule has 0 unspecified atom stereocenters. The van der Waals surface area contributed by atoms with Crippen molar-refractivity contribution in [3.05, 3.63) is 23.9 Å². The number of carboxylic acid groups (broad SMARTS) is 1. The molecule has 0 spiro atoms. The molecular weight excluding hydrogens is 236 g/mol. The summed E-state index contributed by atoms with van der Waals surface area (Å²) in [7, 11) is 1.63. The van der Waals surface area contributed by atoms with Gasteiger partial charge < -0.3 is 19.8 Å². The Morgan fingerprint density at radius 2 is 2.39 bits per heavy atom. The van der Waals surface area contributed by atoms with Gasteiger partial charge in [-0.25, -0.2) is 9.78 Å². The molecule has 0 radical (unpaired) electrons. The predicted molar refractivity (Wildman–Crippen MR) is 64.8 cm³/mol. The molecule has 2 rings (SSSR count). The number of carbonyl (C=O) groups is 1. The van der Waals surface area contributed by atoms with E-state index < -0.39 is 5.97 Å². The molecule has 1 aromatic rings. The third kappa shape index (κ3) is 2.44. The smallest absolute Gasteiger partial charge is 0.354 e. The summed E-state index contributed by atoms with van der Waals surface area (Å²) in [6, 6.07) is 4.77. The van der Waals surface area contributed by atoms with E-state index >= 15 is 0 Å². The van der Waals surface area contributed by atoms with Gasteiger partial charge in [0.15, 0.2) is 5.69 Å². The number of aliphatic hydroxyl groups is 1. The van der Waals surface area contributed by atoms with Crippen LogP contribution in [0.2, 0.25) is 0 Å². The lowest BCUT2D eigenvalue weighted by atomic mass is 10.2. The largest absolute Gasteiger partial charge is 0.477 e. The van der Waals surface area contributed by atoms with E-state index in [0.29, 0.717) is 18.8 Å². The number of aromatic nitrogens is 1. The number of rotatable bonds is 4. The van der Waals surface area contributed by atoms with Gasteiger partial charge in [-0.1, -0.05) is 6.07 Å².